The van der Waals surface area contributed by atoms with Gasteiger partial charge in [-0.2, -0.15) is 0 Å². The second-order valence-corrected chi connectivity index (χ2v) is 5.51. The predicted octanol–water partition coefficient (Wildman–Crippen LogP) is 2.01. The minimum Gasteiger partial charge on any atom is -0.475 e. The van der Waals surface area contributed by atoms with Gasteiger partial charge in [-0.05, 0) is 32.3 Å². The van der Waals surface area contributed by atoms with Crippen LogP contribution in [0, 0.1) is 5.92 Å². The molecule has 112 valence electrons. The molecule has 0 aliphatic carbocycles. The summed E-state index contributed by atoms with van der Waals surface area (Å²) in [7, 11) is 0. The number of rotatable bonds is 7. The molecule has 2 N–H and O–H groups in total. The first-order valence-electron chi connectivity index (χ1n) is 6.97. The monoisotopic (exact) mass is 280 g/mol. The van der Waals surface area contributed by atoms with Gasteiger partial charge in [0.05, 0.1) is 18.8 Å². The van der Waals surface area contributed by atoms with Gasteiger partial charge in [0.25, 0.3) is 5.91 Å². The molecule has 0 aromatic carbocycles. The number of aliphatic hydroxyl groups excluding tert-OH is 1. The van der Waals surface area contributed by atoms with Crippen molar-refractivity contribution in [2.24, 2.45) is 5.92 Å². The molecule has 0 bridgehead atoms. The highest BCUT2D eigenvalue weighted by atomic mass is 16.5. The Hall–Kier alpha value is -1.62. The number of nitrogens with one attached hydrogen (secondary N) is 1. The molecule has 1 heterocycles. The van der Waals surface area contributed by atoms with Crippen molar-refractivity contribution >= 4 is 5.91 Å². The third kappa shape index (κ3) is 5.57. The molecule has 0 fully saturated rings. The lowest BCUT2D eigenvalue weighted by Crippen LogP contribution is -2.38. The van der Waals surface area contributed by atoms with Gasteiger partial charge >= 0.3 is 0 Å². The topological polar surface area (TPSA) is 71.5 Å². The number of amides is 1. The van der Waals surface area contributed by atoms with Crippen LogP contribution in [-0.4, -0.2) is 34.8 Å². The van der Waals surface area contributed by atoms with Gasteiger partial charge in [0, 0.05) is 6.07 Å². The van der Waals surface area contributed by atoms with E-state index >= 15 is 0 Å². The average Bonchev–Trinajstić information content (AvgIpc) is 2.36. The van der Waals surface area contributed by atoms with Crippen molar-refractivity contribution < 1.29 is 14.6 Å². The van der Waals surface area contributed by atoms with Crippen molar-refractivity contribution in [2.75, 3.05) is 6.61 Å². The third-order valence-electron chi connectivity index (χ3n) is 2.62. The fourth-order valence-electron chi connectivity index (χ4n) is 1.86. The van der Waals surface area contributed by atoms with Crippen LogP contribution >= 0.6 is 0 Å². The number of carbonyl (C=O) groups excluding carboxylic acids is 1. The summed E-state index contributed by atoms with van der Waals surface area (Å²) >= 11 is 0. The number of hydrogen-bond donors (Lipinski definition) is 2. The maximum atomic E-state index is 12.1. The van der Waals surface area contributed by atoms with E-state index in [-0.39, 0.29) is 24.7 Å². The average molecular weight is 280 g/mol. The molecular weight excluding hydrogens is 256 g/mol. The van der Waals surface area contributed by atoms with E-state index in [0.717, 1.165) is 6.42 Å². The highest BCUT2D eigenvalue weighted by Crippen LogP contribution is 2.10. The molecule has 5 heteroatoms. The van der Waals surface area contributed by atoms with E-state index in [2.05, 4.69) is 10.3 Å². The normalized spacial score (nSPS) is 12.6. The zero-order chi connectivity index (χ0) is 15.1. The summed E-state index contributed by atoms with van der Waals surface area (Å²) < 4.78 is 5.46. The van der Waals surface area contributed by atoms with Gasteiger partial charge in [0.15, 0.2) is 0 Å². The Morgan fingerprint density at radius 2 is 2.05 bits per heavy atom. The first kappa shape index (κ1) is 16.4. The summed E-state index contributed by atoms with van der Waals surface area (Å²) in [6, 6.07) is 4.83. The molecule has 5 nitrogen and oxygen atoms in total. The summed E-state index contributed by atoms with van der Waals surface area (Å²) in [5.74, 6) is 0.534. The Morgan fingerprint density at radius 3 is 2.60 bits per heavy atom. The van der Waals surface area contributed by atoms with Gasteiger partial charge in [-0.3, -0.25) is 4.79 Å². The van der Waals surface area contributed by atoms with Gasteiger partial charge in [0.2, 0.25) is 5.88 Å². The summed E-state index contributed by atoms with van der Waals surface area (Å²) in [6.45, 7) is 7.82. The summed E-state index contributed by atoms with van der Waals surface area (Å²) in [6.07, 6.45) is 0.733. The van der Waals surface area contributed by atoms with Crippen molar-refractivity contribution in [2.45, 2.75) is 46.3 Å². The van der Waals surface area contributed by atoms with E-state index in [0.29, 0.717) is 17.5 Å². The lowest BCUT2D eigenvalue weighted by atomic mass is 10.0. The maximum Gasteiger partial charge on any atom is 0.270 e. The minimum atomic E-state index is -0.293. The molecule has 0 saturated carbocycles. The van der Waals surface area contributed by atoms with Gasteiger partial charge in [-0.25, -0.2) is 4.98 Å². The first-order chi connectivity index (χ1) is 9.42. The van der Waals surface area contributed by atoms with Crippen LogP contribution in [0.25, 0.3) is 0 Å². The van der Waals surface area contributed by atoms with Crippen LogP contribution in [0.15, 0.2) is 18.2 Å². The Bertz CT molecular complexity index is 433. The fourth-order valence-corrected chi connectivity index (χ4v) is 1.86. The smallest absolute Gasteiger partial charge is 0.270 e. The second kappa shape index (κ2) is 7.85. The van der Waals surface area contributed by atoms with E-state index in [1.807, 2.05) is 27.7 Å². The number of pyridine rings is 1. The summed E-state index contributed by atoms with van der Waals surface area (Å²) in [4.78, 5) is 16.3. The molecule has 1 rings (SSSR count). The fraction of sp³-hybridized carbons (Fsp3) is 0.600. The van der Waals surface area contributed by atoms with Gasteiger partial charge in [-0.15, -0.1) is 0 Å². The molecule has 1 aromatic heterocycles. The van der Waals surface area contributed by atoms with Crippen molar-refractivity contribution in [3.05, 3.63) is 23.9 Å². The Labute approximate surface area is 120 Å². The van der Waals surface area contributed by atoms with Crippen LogP contribution in [0.5, 0.6) is 5.88 Å². The van der Waals surface area contributed by atoms with Crippen molar-refractivity contribution in [3.8, 4) is 5.88 Å². The standard InChI is InChI=1S/C15H24N2O3/c1-10(2)8-12(9-18)16-15(19)13-6-5-7-14(17-13)20-11(3)4/h5-7,10-12,18H,8-9H2,1-4H3,(H,16,19). The zero-order valence-electron chi connectivity index (χ0n) is 12.6. The minimum absolute atomic E-state index is 0.00643. The molecule has 0 aliphatic heterocycles. The van der Waals surface area contributed by atoms with Gasteiger partial charge < -0.3 is 15.2 Å². The number of aromatic nitrogens is 1. The molecule has 0 radical (unpaired) electrons. The van der Waals surface area contributed by atoms with Crippen LogP contribution < -0.4 is 10.1 Å². The van der Waals surface area contributed by atoms with E-state index in [1.54, 1.807) is 18.2 Å². The Kier molecular flexibility index (Phi) is 6.45. The molecule has 1 atom stereocenters. The molecule has 0 saturated heterocycles. The third-order valence-corrected chi connectivity index (χ3v) is 2.62. The Morgan fingerprint density at radius 1 is 1.35 bits per heavy atom. The molecule has 1 aromatic rings. The Balaban J connectivity index is 2.71. The number of ether oxygens (including phenoxy) is 1. The summed E-state index contributed by atoms with van der Waals surface area (Å²) in [5, 5.41) is 12.1. The molecule has 20 heavy (non-hydrogen) atoms. The van der Waals surface area contributed by atoms with Crippen LogP contribution in [0.2, 0.25) is 0 Å². The van der Waals surface area contributed by atoms with Crippen LogP contribution in [0.1, 0.15) is 44.6 Å². The van der Waals surface area contributed by atoms with Crippen molar-refractivity contribution in [1.29, 1.82) is 0 Å². The van der Waals surface area contributed by atoms with Crippen LogP contribution in [0.4, 0.5) is 0 Å². The zero-order valence-corrected chi connectivity index (χ0v) is 12.6. The number of aliphatic hydroxyl groups is 1. The van der Waals surface area contributed by atoms with Crippen LogP contribution in [-0.2, 0) is 0 Å². The van der Waals surface area contributed by atoms with E-state index in [1.165, 1.54) is 0 Å². The van der Waals surface area contributed by atoms with Gasteiger partial charge in [-0.1, -0.05) is 19.9 Å². The highest BCUT2D eigenvalue weighted by molar-refractivity contribution is 5.92. The lowest BCUT2D eigenvalue weighted by Gasteiger charge is -2.18. The highest BCUT2D eigenvalue weighted by Gasteiger charge is 2.16. The summed E-state index contributed by atoms with van der Waals surface area (Å²) in [5.41, 5.74) is 0.297. The lowest BCUT2D eigenvalue weighted by molar-refractivity contribution is 0.0901. The molecule has 0 aliphatic rings. The molecule has 1 unspecified atom stereocenters. The second-order valence-electron chi connectivity index (χ2n) is 5.51. The number of carbonyl (C=O) groups is 1. The number of hydrogen-bond acceptors (Lipinski definition) is 4. The molecule has 0 spiro atoms. The van der Waals surface area contributed by atoms with Crippen LogP contribution in [0.3, 0.4) is 0 Å². The van der Waals surface area contributed by atoms with E-state index < -0.39 is 0 Å². The SMILES string of the molecule is CC(C)CC(CO)NC(=O)c1cccc(OC(C)C)n1. The largest absolute Gasteiger partial charge is 0.475 e. The first-order valence-corrected chi connectivity index (χ1v) is 6.97. The van der Waals surface area contributed by atoms with E-state index in [9.17, 15) is 9.90 Å². The molecule has 1 amide bonds. The van der Waals surface area contributed by atoms with E-state index in [4.69, 9.17) is 4.74 Å². The van der Waals surface area contributed by atoms with Gasteiger partial charge in [0.1, 0.15) is 5.69 Å². The molecular formula is C15H24N2O3. The quantitative estimate of drug-likeness (QED) is 0.801. The maximum absolute atomic E-state index is 12.1. The van der Waals surface area contributed by atoms with Crippen molar-refractivity contribution in [3.63, 3.8) is 0 Å². The van der Waals surface area contributed by atoms with Crippen molar-refractivity contribution in [1.82, 2.24) is 10.3 Å². The number of nitrogens with zero attached hydrogens (tertiary/aromatic N) is 1. The predicted molar refractivity (Wildman–Crippen MR) is 77.8 cm³/mol.